The Bertz CT molecular complexity index is 797. The highest BCUT2D eigenvalue weighted by Crippen LogP contribution is 2.28. The molecule has 0 spiro atoms. The van der Waals surface area contributed by atoms with E-state index < -0.39 is 6.04 Å². The molecule has 1 aromatic carbocycles. The summed E-state index contributed by atoms with van der Waals surface area (Å²) in [5.41, 5.74) is 1.42. The van der Waals surface area contributed by atoms with Gasteiger partial charge in [-0.15, -0.1) is 11.3 Å². The number of carbonyl (C=O) groups is 3. The second-order valence-corrected chi connectivity index (χ2v) is 7.07. The molecule has 0 aliphatic rings. The maximum absolute atomic E-state index is 12.3. The summed E-state index contributed by atoms with van der Waals surface area (Å²) < 4.78 is 0. The highest BCUT2D eigenvalue weighted by molar-refractivity contribution is 7.17. The van der Waals surface area contributed by atoms with Crippen LogP contribution in [0.3, 0.4) is 0 Å². The van der Waals surface area contributed by atoms with E-state index in [0.717, 1.165) is 10.4 Å². The van der Waals surface area contributed by atoms with E-state index in [9.17, 15) is 14.4 Å². The Morgan fingerprint density at radius 2 is 1.73 bits per heavy atom. The molecule has 0 fully saturated rings. The maximum Gasteiger partial charge on any atom is 0.263 e. The Labute approximate surface area is 157 Å². The standard InChI is InChI=1S/C19H23N3O3S/c1-5-14(18(24)20-2)21-17(23)13-8-6-12(7-9-13)15-10-11-16(26-15)19(25)22(3)4/h6-11,14H,5H2,1-4H3,(H,20,24)(H,21,23)/t14-/m1/s1. The van der Waals surface area contributed by atoms with Gasteiger partial charge in [0.2, 0.25) is 5.91 Å². The van der Waals surface area contributed by atoms with Crippen molar-refractivity contribution in [1.82, 2.24) is 15.5 Å². The first-order valence-corrected chi connectivity index (χ1v) is 9.13. The van der Waals surface area contributed by atoms with E-state index in [4.69, 9.17) is 0 Å². The zero-order valence-corrected chi connectivity index (χ0v) is 16.1. The minimum atomic E-state index is -0.552. The van der Waals surface area contributed by atoms with E-state index in [1.807, 2.05) is 25.1 Å². The van der Waals surface area contributed by atoms with Crippen LogP contribution in [-0.2, 0) is 4.79 Å². The highest BCUT2D eigenvalue weighted by Gasteiger charge is 2.18. The lowest BCUT2D eigenvalue weighted by molar-refractivity contribution is -0.122. The highest BCUT2D eigenvalue weighted by atomic mass is 32.1. The van der Waals surface area contributed by atoms with Crippen molar-refractivity contribution in [3.63, 3.8) is 0 Å². The molecule has 3 amide bonds. The van der Waals surface area contributed by atoms with Gasteiger partial charge < -0.3 is 15.5 Å². The van der Waals surface area contributed by atoms with Crippen molar-refractivity contribution in [2.45, 2.75) is 19.4 Å². The molecule has 1 heterocycles. The van der Waals surface area contributed by atoms with Crippen molar-refractivity contribution in [1.29, 1.82) is 0 Å². The molecule has 26 heavy (non-hydrogen) atoms. The van der Waals surface area contributed by atoms with Gasteiger partial charge in [-0.2, -0.15) is 0 Å². The van der Waals surface area contributed by atoms with Crippen LogP contribution in [0.1, 0.15) is 33.4 Å². The Morgan fingerprint density at radius 3 is 2.27 bits per heavy atom. The van der Waals surface area contributed by atoms with Crippen LogP contribution in [0.4, 0.5) is 0 Å². The van der Waals surface area contributed by atoms with Crippen LogP contribution in [0, 0.1) is 0 Å². The fourth-order valence-electron chi connectivity index (χ4n) is 2.38. The van der Waals surface area contributed by atoms with Gasteiger partial charge in [0.05, 0.1) is 4.88 Å². The summed E-state index contributed by atoms with van der Waals surface area (Å²) in [6.45, 7) is 1.84. The van der Waals surface area contributed by atoms with Crippen LogP contribution in [0.15, 0.2) is 36.4 Å². The molecule has 2 N–H and O–H groups in total. The molecule has 0 aliphatic heterocycles. The molecular formula is C19H23N3O3S. The number of thiophene rings is 1. The summed E-state index contributed by atoms with van der Waals surface area (Å²) in [5.74, 6) is -0.534. The molecule has 0 radical (unpaired) electrons. The lowest BCUT2D eigenvalue weighted by Crippen LogP contribution is -2.45. The fourth-order valence-corrected chi connectivity index (χ4v) is 3.42. The maximum atomic E-state index is 12.3. The molecular weight excluding hydrogens is 350 g/mol. The number of carbonyl (C=O) groups excluding carboxylic acids is 3. The first-order valence-electron chi connectivity index (χ1n) is 8.31. The van der Waals surface area contributed by atoms with Crippen molar-refractivity contribution < 1.29 is 14.4 Å². The Morgan fingerprint density at radius 1 is 1.08 bits per heavy atom. The summed E-state index contributed by atoms with van der Waals surface area (Å²) in [4.78, 5) is 39.2. The second kappa shape index (κ2) is 8.62. The zero-order valence-electron chi connectivity index (χ0n) is 15.3. The predicted octanol–water partition coefficient (Wildman–Crippen LogP) is 2.37. The predicted molar refractivity (Wildman–Crippen MR) is 103 cm³/mol. The van der Waals surface area contributed by atoms with Gasteiger partial charge in [0.25, 0.3) is 11.8 Å². The van der Waals surface area contributed by atoms with Crippen LogP contribution >= 0.6 is 11.3 Å². The molecule has 0 saturated carbocycles. The fraction of sp³-hybridized carbons (Fsp3) is 0.316. The van der Waals surface area contributed by atoms with E-state index in [0.29, 0.717) is 16.9 Å². The average molecular weight is 373 g/mol. The number of likely N-dealkylation sites (N-methyl/N-ethyl adjacent to an activating group) is 1. The van der Waals surface area contributed by atoms with Crippen molar-refractivity contribution in [2.75, 3.05) is 21.1 Å². The van der Waals surface area contributed by atoms with Crippen LogP contribution < -0.4 is 10.6 Å². The van der Waals surface area contributed by atoms with Gasteiger partial charge in [0.15, 0.2) is 0 Å². The number of nitrogens with zero attached hydrogens (tertiary/aromatic N) is 1. The second-order valence-electron chi connectivity index (χ2n) is 5.99. The van der Waals surface area contributed by atoms with Gasteiger partial charge in [-0.25, -0.2) is 0 Å². The van der Waals surface area contributed by atoms with E-state index >= 15 is 0 Å². The van der Waals surface area contributed by atoms with Crippen LogP contribution in [-0.4, -0.2) is 49.8 Å². The third-order valence-corrected chi connectivity index (χ3v) is 5.05. The molecule has 0 unspecified atom stereocenters. The molecule has 0 aliphatic carbocycles. The first kappa shape index (κ1) is 19.7. The van der Waals surface area contributed by atoms with Crippen molar-refractivity contribution >= 4 is 29.1 Å². The third kappa shape index (κ3) is 4.49. The van der Waals surface area contributed by atoms with Gasteiger partial charge in [-0.1, -0.05) is 19.1 Å². The largest absolute Gasteiger partial charge is 0.357 e. The quantitative estimate of drug-likeness (QED) is 0.816. The lowest BCUT2D eigenvalue weighted by Gasteiger charge is -2.15. The van der Waals surface area contributed by atoms with Crippen molar-refractivity contribution in [3.05, 3.63) is 46.8 Å². The molecule has 1 aromatic heterocycles. The van der Waals surface area contributed by atoms with Crippen molar-refractivity contribution in [3.8, 4) is 10.4 Å². The third-order valence-electron chi connectivity index (χ3n) is 3.93. The van der Waals surface area contributed by atoms with Crippen LogP contribution in [0.2, 0.25) is 0 Å². The van der Waals surface area contributed by atoms with Crippen molar-refractivity contribution in [2.24, 2.45) is 0 Å². The minimum Gasteiger partial charge on any atom is -0.357 e. The summed E-state index contributed by atoms with van der Waals surface area (Å²) in [7, 11) is 4.98. The minimum absolute atomic E-state index is 0.0305. The van der Waals surface area contributed by atoms with Gasteiger partial charge >= 0.3 is 0 Å². The van der Waals surface area contributed by atoms with Gasteiger partial charge in [0, 0.05) is 31.6 Å². The van der Waals surface area contributed by atoms with E-state index in [-0.39, 0.29) is 17.7 Å². The topological polar surface area (TPSA) is 78.5 Å². The first-order chi connectivity index (χ1) is 12.4. The lowest BCUT2D eigenvalue weighted by atomic mass is 10.1. The van der Waals surface area contributed by atoms with Crippen LogP contribution in [0.5, 0.6) is 0 Å². The molecule has 0 bridgehead atoms. The summed E-state index contributed by atoms with van der Waals surface area (Å²) in [5, 5.41) is 5.27. The SMILES string of the molecule is CC[C@@H](NC(=O)c1ccc(-c2ccc(C(=O)N(C)C)s2)cc1)C(=O)NC. The Balaban J connectivity index is 2.12. The van der Waals surface area contributed by atoms with Gasteiger partial charge in [-0.05, 0) is 36.2 Å². The number of nitrogens with one attached hydrogen (secondary N) is 2. The monoisotopic (exact) mass is 373 g/mol. The normalized spacial score (nSPS) is 11.5. The molecule has 1 atom stereocenters. The number of benzene rings is 1. The van der Waals surface area contributed by atoms with Crippen LogP contribution in [0.25, 0.3) is 10.4 Å². The molecule has 7 heteroatoms. The number of rotatable bonds is 6. The number of amides is 3. The van der Waals surface area contributed by atoms with Gasteiger partial charge in [-0.3, -0.25) is 14.4 Å². The van der Waals surface area contributed by atoms with Gasteiger partial charge in [0.1, 0.15) is 6.04 Å². The van der Waals surface area contributed by atoms with E-state index in [2.05, 4.69) is 10.6 Å². The molecule has 0 saturated heterocycles. The van der Waals surface area contributed by atoms with E-state index in [1.54, 1.807) is 44.2 Å². The average Bonchev–Trinajstić information content (AvgIpc) is 3.14. The molecule has 2 rings (SSSR count). The number of hydrogen-bond acceptors (Lipinski definition) is 4. The summed E-state index contributed by atoms with van der Waals surface area (Å²) in [6.07, 6.45) is 0.515. The molecule has 138 valence electrons. The Hall–Kier alpha value is -2.67. The molecule has 6 nitrogen and oxygen atoms in total. The zero-order chi connectivity index (χ0) is 19.3. The smallest absolute Gasteiger partial charge is 0.263 e. The van der Waals surface area contributed by atoms with E-state index in [1.165, 1.54) is 11.3 Å². The summed E-state index contributed by atoms with van der Waals surface area (Å²) >= 11 is 1.41. The Kier molecular flexibility index (Phi) is 6.52. The number of hydrogen-bond donors (Lipinski definition) is 2. The summed E-state index contributed by atoms with van der Waals surface area (Å²) in [6, 6.07) is 10.3. The molecule has 2 aromatic rings.